The third kappa shape index (κ3) is 5.22. The second-order valence-electron chi connectivity index (χ2n) is 7.10. The van der Waals surface area contributed by atoms with Gasteiger partial charge in [0.15, 0.2) is 0 Å². The second kappa shape index (κ2) is 9.94. The molecular formula is C22H20ClFN6O2. The number of nitrogens with zero attached hydrogens (tertiary/aromatic N) is 2. The maximum absolute atomic E-state index is 13.6. The Kier molecular flexibility index (Phi) is 7.07. The summed E-state index contributed by atoms with van der Waals surface area (Å²) in [5.74, 6) is -0.885. The molecule has 1 unspecified atom stereocenters. The molecule has 0 radical (unpaired) electrons. The summed E-state index contributed by atoms with van der Waals surface area (Å²) in [5.41, 5.74) is 6.65. The number of anilines is 1. The number of benzene rings is 2. The van der Waals surface area contributed by atoms with Crippen molar-refractivity contribution in [2.45, 2.75) is 6.04 Å². The first-order chi connectivity index (χ1) is 15.3. The van der Waals surface area contributed by atoms with Crippen LogP contribution in [0.4, 0.5) is 14.9 Å². The number of hydrogen-bond acceptors (Lipinski definition) is 5. The van der Waals surface area contributed by atoms with Crippen molar-refractivity contribution in [3.05, 3.63) is 76.0 Å². The summed E-state index contributed by atoms with van der Waals surface area (Å²) in [6.45, 7) is -0.848. The van der Waals surface area contributed by atoms with E-state index in [1.165, 1.54) is 11.0 Å². The molecule has 0 bridgehead atoms. The molecule has 0 aromatic heterocycles. The van der Waals surface area contributed by atoms with Crippen LogP contribution < -0.4 is 16.4 Å². The predicted molar refractivity (Wildman–Crippen MR) is 119 cm³/mol. The molecule has 0 aliphatic carbocycles. The molecule has 8 nitrogen and oxygen atoms in total. The Morgan fingerprint density at radius 2 is 2.03 bits per heavy atom. The molecule has 2 aromatic rings. The van der Waals surface area contributed by atoms with Crippen LogP contribution in [0, 0.1) is 16.7 Å². The number of urea groups is 1. The van der Waals surface area contributed by atoms with Gasteiger partial charge in [-0.2, -0.15) is 5.26 Å². The van der Waals surface area contributed by atoms with Gasteiger partial charge in [0.05, 0.1) is 35.5 Å². The SMILES string of the molecule is N#Cc1ccc(NC(=O)N2C/C(=C(/C(=N)c3cccc(Cl)c3)C(N)=O)NC(CF)C2)cc1. The number of nitrogens with two attached hydrogens (primary N) is 1. The van der Waals surface area contributed by atoms with E-state index in [0.717, 1.165) is 0 Å². The van der Waals surface area contributed by atoms with Crippen LogP contribution in [0.3, 0.4) is 0 Å². The molecule has 1 aliphatic rings. The topological polar surface area (TPSA) is 135 Å². The van der Waals surface area contributed by atoms with Gasteiger partial charge in [0.1, 0.15) is 6.67 Å². The molecule has 10 heteroatoms. The summed E-state index contributed by atoms with van der Waals surface area (Å²) >= 11 is 5.99. The van der Waals surface area contributed by atoms with Crippen molar-refractivity contribution in [3.8, 4) is 6.07 Å². The van der Waals surface area contributed by atoms with Gasteiger partial charge < -0.3 is 21.3 Å². The Morgan fingerprint density at radius 1 is 1.31 bits per heavy atom. The standard InChI is InChI=1S/C22H20ClFN6O2/c23-15-3-1-2-14(8-15)20(26)19(21(27)31)18-12-30(11-17(9-24)28-18)22(32)29-16-6-4-13(10-25)5-7-16/h1-8,17,26,28H,9,11-12H2,(H2,27,31)(H,29,32)/b19-18+,26-20?. The fourth-order valence-corrected chi connectivity index (χ4v) is 3.48. The summed E-state index contributed by atoms with van der Waals surface area (Å²) in [5, 5.41) is 23.3. The average molecular weight is 455 g/mol. The Morgan fingerprint density at radius 3 is 2.62 bits per heavy atom. The van der Waals surface area contributed by atoms with E-state index in [0.29, 0.717) is 21.8 Å². The third-order valence-electron chi connectivity index (χ3n) is 4.82. The quantitative estimate of drug-likeness (QED) is 0.408. The van der Waals surface area contributed by atoms with E-state index in [9.17, 15) is 14.0 Å². The van der Waals surface area contributed by atoms with Crippen LogP contribution in [0.5, 0.6) is 0 Å². The van der Waals surface area contributed by atoms with Crippen LogP contribution in [-0.2, 0) is 4.79 Å². The zero-order valence-electron chi connectivity index (χ0n) is 16.9. The molecule has 0 spiro atoms. The zero-order chi connectivity index (χ0) is 23.3. The van der Waals surface area contributed by atoms with Crippen molar-refractivity contribution >= 4 is 34.9 Å². The maximum Gasteiger partial charge on any atom is 0.322 e. The lowest BCUT2D eigenvalue weighted by Gasteiger charge is -2.35. The van der Waals surface area contributed by atoms with Crippen molar-refractivity contribution in [1.82, 2.24) is 10.2 Å². The highest BCUT2D eigenvalue weighted by molar-refractivity contribution is 6.32. The number of alkyl halides is 1. The number of amides is 3. The van der Waals surface area contributed by atoms with Crippen molar-refractivity contribution < 1.29 is 14.0 Å². The van der Waals surface area contributed by atoms with Gasteiger partial charge in [-0.15, -0.1) is 0 Å². The van der Waals surface area contributed by atoms with E-state index < -0.39 is 24.7 Å². The molecule has 3 rings (SSSR count). The normalized spacial score (nSPS) is 17.0. The van der Waals surface area contributed by atoms with Gasteiger partial charge in [-0.25, -0.2) is 9.18 Å². The summed E-state index contributed by atoms with van der Waals surface area (Å²) in [4.78, 5) is 26.4. The number of hydrogen-bond donors (Lipinski definition) is 4. The van der Waals surface area contributed by atoms with E-state index in [1.807, 2.05) is 6.07 Å². The number of carbonyl (C=O) groups is 2. The van der Waals surface area contributed by atoms with Crippen molar-refractivity contribution in [2.75, 3.05) is 25.1 Å². The zero-order valence-corrected chi connectivity index (χ0v) is 17.6. The number of nitrogens with one attached hydrogen (secondary N) is 3. The van der Waals surface area contributed by atoms with Gasteiger partial charge in [0, 0.05) is 28.5 Å². The van der Waals surface area contributed by atoms with Gasteiger partial charge >= 0.3 is 6.03 Å². The summed E-state index contributed by atoms with van der Waals surface area (Å²) < 4.78 is 13.6. The van der Waals surface area contributed by atoms with E-state index in [2.05, 4.69) is 10.6 Å². The van der Waals surface area contributed by atoms with Gasteiger partial charge in [0.2, 0.25) is 0 Å². The highest BCUT2D eigenvalue weighted by Gasteiger charge is 2.30. The monoisotopic (exact) mass is 454 g/mol. The molecule has 1 heterocycles. The Hall–Kier alpha value is -3.90. The number of rotatable bonds is 5. The molecule has 164 valence electrons. The lowest BCUT2D eigenvalue weighted by molar-refractivity contribution is -0.114. The van der Waals surface area contributed by atoms with Crippen molar-refractivity contribution in [1.29, 1.82) is 10.7 Å². The lowest BCUT2D eigenvalue weighted by atomic mass is 9.98. The fourth-order valence-electron chi connectivity index (χ4n) is 3.29. The van der Waals surface area contributed by atoms with Gasteiger partial charge in [-0.1, -0.05) is 23.7 Å². The van der Waals surface area contributed by atoms with Crippen molar-refractivity contribution in [3.63, 3.8) is 0 Å². The molecule has 0 saturated carbocycles. The largest absolute Gasteiger partial charge is 0.379 e. The summed E-state index contributed by atoms with van der Waals surface area (Å²) in [6.07, 6.45) is 0. The van der Waals surface area contributed by atoms with Gasteiger partial charge in [-0.3, -0.25) is 10.2 Å². The molecular weight excluding hydrogens is 435 g/mol. The fraction of sp³-hybridized carbons (Fsp3) is 0.182. The molecule has 1 fully saturated rings. The van der Waals surface area contributed by atoms with Gasteiger partial charge in [0.25, 0.3) is 5.91 Å². The smallest absolute Gasteiger partial charge is 0.322 e. The molecule has 2 aromatic carbocycles. The minimum atomic E-state index is -0.885. The summed E-state index contributed by atoms with van der Waals surface area (Å²) in [7, 11) is 0. The first-order valence-corrected chi connectivity index (χ1v) is 9.96. The Labute approximate surface area is 189 Å². The Balaban J connectivity index is 1.89. The number of piperazine rings is 1. The number of halogens is 2. The first-order valence-electron chi connectivity index (χ1n) is 9.58. The van der Waals surface area contributed by atoms with Crippen LogP contribution in [0.25, 0.3) is 0 Å². The predicted octanol–water partition coefficient (Wildman–Crippen LogP) is 2.79. The number of primary amides is 1. The average Bonchev–Trinajstić information content (AvgIpc) is 2.79. The maximum atomic E-state index is 13.6. The van der Waals surface area contributed by atoms with E-state index in [-0.39, 0.29) is 30.1 Å². The van der Waals surface area contributed by atoms with E-state index >= 15 is 0 Å². The summed E-state index contributed by atoms with van der Waals surface area (Å²) in [6, 6.07) is 13.3. The minimum Gasteiger partial charge on any atom is -0.379 e. The molecule has 32 heavy (non-hydrogen) atoms. The van der Waals surface area contributed by atoms with E-state index in [1.54, 1.807) is 42.5 Å². The number of carbonyl (C=O) groups excluding carboxylic acids is 2. The van der Waals surface area contributed by atoms with Crippen LogP contribution in [0.15, 0.2) is 59.8 Å². The minimum absolute atomic E-state index is 0.0403. The van der Waals surface area contributed by atoms with Crippen LogP contribution >= 0.6 is 11.6 Å². The molecule has 1 saturated heterocycles. The van der Waals surface area contributed by atoms with Crippen molar-refractivity contribution in [2.24, 2.45) is 5.73 Å². The number of nitriles is 1. The highest BCUT2D eigenvalue weighted by atomic mass is 35.5. The van der Waals surface area contributed by atoms with Crippen LogP contribution in [0.2, 0.25) is 5.02 Å². The van der Waals surface area contributed by atoms with Crippen LogP contribution in [0.1, 0.15) is 11.1 Å². The second-order valence-corrected chi connectivity index (χ2v) is 7.53. The molecule has 3 amide bonds. The van der Waals surface area contributed by atoms with E-state index in [4.69, 9.17) is 28.0 Å². The molecule has 1 aliphatic heterocycles. The molecule has 5 N–H and O–H groups in total. The first kappa shape index (κ1) is 22.8. The lowest BCUT2D eigenvalue weighted by Crippen LogP contribution is -2.54. The van der Waals surface area contributed by atoms with Crippen LogP contribution in [-0.4, -0.2) is 48.4 Å². The Bertz CT molecular complexity index is 1130. The highest BCUT2D eigenvalue weighted by Crippen LogP contribution is 2.20. The molecule has 1 atom stereocenters. The van der Waals surface area contributed by atoms with Gasteiger partial charge in [-0.05, 0) is 36.4 Å². The third-order valence-corrected chi connectivity index (χ3v) is 5.05.